The van der Waals surface area contributed by atoms with Gasteiger partial charge in [0.2, 0.25) is 0 Å². The summed E-state index contributed by atoms with van der Waals surface area (Å²) in [5, 5.41) is 12.4. The van der Waals surface area contributed by atoms with E-state index in [2.05, 4.69) is 291 Å². The van der Waals surface area contributed by atoms with Crippen LogP contribution in [0.2, 0.25) is 0 Å². The average molecular weight is 913 g/mol. The number of hydrogen-bond acceptors (Lipinski definition) is 0. The number of rotatable bonds is 9. The number of benzene rings is 13. The largest absolute Gasteiger partial charge is 0.0622 e. The maximum atomic E-state index is 2.36. The summed E-state index contributed by atoms with van der Waals surface area (Å²) >= 11 is 0. The van der Waals surface area contributed by atoms with Gasteiger partial charge in [-0.05, 0) is 138 Å². The molecule has 13 aromatic carbocycles. The molecular weight excluding hydrogens is 865 g/mol. The van der Waals surface area contributed by atoms with Crippen LogP contribution in [0.5, 0.6) is 0 Å². The Kier molecular flexibility index (Phi) is 11.0. The van der Waals surface area contributed by atoms with Crippen molar-refractivity contribution in [3.63, 3.8) is 0 Å². The van der Waals surface area contributed by atoms with Crippen LogP contribution in [-0.2, 0) is 0 Å². The van der Waals surface area contributed by atoms with E-state index >= 15 is 0 Å². The fourth-order valence-electron chi connectivity index (χ4n) is 11.0. The van der Waals surface area contributed by atoms with Crippen LogP contribution in [0, 0.1) is 0 Å². The smallest absolute Gasteiger partial charge is 0.00141 e. The van der Waals surface area contributed by atoms with Gasteiger partial charge in [-0.25, -0.2) is 0 Å². The molecule has 0 heterocycles. The van der Waals surface area contributed by atoms with Gasteiger partial charge in [-0.15, -0.1) is 0 Å². The lowest BCUT2D eigenvalue weighted by atomic mass is 9.82. The Labute approximate surface area is 420 Å². The molecule has 336 valence electrons. The quantitative estimate of drug-likeness (QED) is 0.1000. The summed E-state index contributed by atoms with van der Waals surface area (Å²) in [5.74, 6) is 0. The third-order valence-electron chi connectivity index (χ3n) is 14.5. The first-order chi connectivity index (χ1) is 35.7. The first kappa shape index (κ1) is 42.7. The van der Waals surface area contributed by atoms with Crippen molar-refractivity contribution in [1.29, 1.82) is 0 Å². The Balaban J connectivity index is 0.953. The molecule has 0 heteroatoms. The van der Waals surface area contributed by atoms with Gasteiger partial charge in [0.25, 0.3) is 0 Å². The van der Waals surface area contributed by atoms with Crippen molar-refractivity contribution in [1.82, 2.24) is 0 Å². The van der Waals surface area contributed by atoms with Crippen LogP contribution in [0.15, 0.2) is 267 Å². The summed E-state index contributed by atoms with van der Waals surface area (Å²) in [7, 11) is 0. The van der Waals surface area contributed by atoms with Gasteiger partial charge in [0.1, 0.15) is 0 Å². The molecule has 0 unspecified atom stereocenters. The molecule has 72 heavy (non-hydrogen) atoms. The summed E-state index contributed by atoms with van der Waals surface area (Å²) in [6.45, 7) is 0. The highest BCUT2D eigenvalue weighted by molar-refractivity contribution is 6.25. The van der Waals surface area contributed by atoms with Gasteiger partial charge < -0.3 is 0 Å². The van der Waals surface area contributed by atoms with Crippen molar-refractivity contribution >= 4 is 78.2 Å². The molecule has 0 aromatic heterocycles. The highest BCUT2D eigenvalue weighted by Gasteiger charge is 2.21. The van der Waals surface area contributed by atoms with Crippen molar-refractivity contribution in [2.45, 2.75) is 0 Å². The van der Waals surface area contributed by atoms with E-state index in [1.807, 2.05) is 0 Å². The van der Waals surface area contributed by atoms with Crippen molar-refractivity contribution in [3.05, 3.63) is 289 Å². The third kappa shape index (κ3) is 7.86. The molecule has 0 aliphatic rings. The van der Waals surface area contributed by atoms with E-state index in [0.717, 1.165) is 0 Å². The Hall–Kier alpha value is -9.36. The van der Waals surface area contributed by atoms with Crippen molar-refractivity contribution in [2.24, 2.45) is 0 Å². The lowest BCUT2D eigenvalue weighted by Crippen LogP contribution is -1.94. The third-order valence-corrected chi connectivity index (χ3v) is 14.5. The standard InChI is InChI=1S/C72H48/c1-3-16-49(17-4-1)30-32-52-44-46-62(65-24-11-9-22-60(52)65)54-35-39-56(40-36-54)70-67-26-13-14-27-68(67)71(72-64(28-15-29-69(70)72)59-43-34-51-20-7-8-21-58(51)48-59)57-41-37-55(38-42-57)63-47-45-53(61-23-10-12-25-66(61)63)33-31-50-18-5-2-6-19-50/h1-48H. The lowest BCUT2D eigenvalue weighted by molar-refractivity contribution is 1.61. The molecule has 0 aliphatic heterocycles. The second kappa shape index (κ2) is 18.5. The zero-order valence-corrected chi connectivity index (χ0v) is 39.7. The fourth-order valence-corrected chi connectivity index (χ4v) is 11.0. The zero-order chi connectivity index (χ0) is 47.8. The van der Waals surface area contributed by atoms with Crippen LogP contribution in [0.3, 0.4) is 0 Å². The normalized spacial score (nSPS) is 11.8. The lowest BCUT2D eigenvalue weighted by Gasteiger charge is -2.21. The van der Waals surface area contributed by atoms with E-state index in [1.54, 1.807) is 0 Å². The predicted molar refractivity (Wildman–Crippen MR) is 312 cm³/mol. The summed E-state index contributed by atoms with van der Waals surface area (Å²) < 4.78 is 0. The molecule has 0 saturated carbocycles. The molecule has 0 spiro atoms. The van der Waals surface area contributed by atoms with Gasteiger partial charge in [-0.1, -0.05) is 285 Å². The summed E-state index contributed by atoms with van der Waals surface area (Å²) in [6.07, 6.45) is 8.87. The minimum atomic E-state index is 1.19. The molecule has 0 atom stereocenters. The van der Waals surface area contributed by atoms with E-state index in [1.165, 1.54) is 132 Å². The van der Waals surface area contributed by atoms with Crippen LogP contribution >= 0.6 is 0 Å². The maximum Gasteiger partial charge on any atom is -0.00141 e. The first-order valence-corrected chi connectivity index (χ1v) is 24.9. The second-order valence-corrected chi connectivity index (χ2v) is 18.7. The van der Waals surface area contributed by atoms with Gasteiger partial charge >= 0.3 is 0 Å². The number of fused-ring (bicyclic) bond motifs is 5. The minimum Gasteiger partial charge on any atom is -0.0622 e. The molecule has 0 bridgehead atoms. The monoisotopic (exact) mass is 912 g/mol. The van der Waals surface area contributed by atoms with Gasteiger partial charge in [0.05, 0.1) is 0 Å². The first-order valence-electron chi connectivity index (χ1n) is 24.9. The molecule has 0 nitrogen and oxygen atoms in total. The molecule has 0 saturated heterocycles. The summed E-state index contributed by atoms with van der Waals surface area (Å²) in [6, 6.07) is 97.8. The zero-order valence-electron chi connectivity index (χ0n) is 39.7. The molecule has 0 radical (unpaired) electrons. The molecule has 13 rings (SSSR count). The molecular formula is C72H48. The molecule has 0 amide bonds. The Morgan fingerprint density at radius 3 is 1.18 bits per heavy atom. The van der Waals surface area contributed by atoms with E-state index in [4.69, 9.17) is 0 Å². The van der Waals surface area contributed by atoms with Gasteiger partial charge in [0.15, 0.2) is 0 Å². The van der Waals surface area contributed by atoms with Crippen LogP contribution in [0.4, 0.5) is 0 Å². The van der Waals surface area contributed by atoms with E-state index < -0.39 is 0 Å². The van der Waals surface area contributed by atoms with Crippen LogP contribution in [0.25, 0.3) is 134 Å². The maximum absolute atomic E-state index is 2.36. The van der Waals surface area contributed by atoms with Crippen LogP contribution in [0.1, 0.15) is 22.3 Å². The molecule has 0 fully saturated rings. The predicted octanol–water partition coefficient (Wildman–Crippen LogP) is 20.1. The van der Waals surface area contributed by atoms with Gasteiger partial charge in [0, 0.05) is 0 Å². The SMILES string of the molecule is C(=Cc1ccc(-c2ccc(-c3c4ccccc4c(-c4ccc(-c5ccc(C=Cc6ccccc6)c6ccccc56)cc4)c4c(-c5ccc6ccccc6c5)cccc34)cc2)c2ccccc12)c1ccccc1. The summed E-state index contributed by atoms with van der Waals surface area (Å²) in [5.41, 5.74) is 16.9. The second-order valence-electron chi connectivity index (χ2n) is 18.7. The van der Waals surface area contributed by atoms with Gasteiger partial charge in [-0.3, -0.25) is 0 Å². The fraction of sp³-hybridized carbons (Fsp3) is 0. The topological polar surface area (TPSA) is 0 Å². The van der Waals surface area contributed by atoms with E-state index in [0.29, 0.717) is 0 Å². The average Bonchev–Trinajstić information content (AvgIpc) is 3.45. The van der Waals surface area contributed by atoms with E-state index in [9.17, 15) is 0 Å². The van der Waals surface area contributed by atoms with Crippen LogP contribution in [-0.4, -0.2) is 0 Å². The molecule has 0 N–H and O–H groups in total. The van der Waals surface area contributed by atoms with Crippen molar-refractivity contribution in [3.8, 4) is 55.6 Å². The van der Waals surface area contributed by atoms with Crippen molar-refractivity contribution < 1.29 is 0 Å². The highest BCUT2D eigenvalue weighted by atomic mass is 14.2. The van der Waals surface area contributed by atoms with Crippen molar-refractivity contribution in [2.75, 3.05) is 0 Å². The van der Waals surface area contributed by atoms with Crippen LogP contribution < -0.4 is 0 Å². The minimum absolute atomic E-state index is 1.19. The summed E-state index contributed by atoms with van der Waals surface area (Å²) in [4.78, 5) is 0. The Bertz CT molecular complexity index is 4210. The molecule has 0 aliphatic carbocycles. The Morgan fingerprint density at radius 2 is 0.625 bits per heavy atom. The number of hydrogen-bond donors (Lipinski definition) is 0. The van der Waals surface area contributed by atoms with E-state index in [-0.39, 0.29) is 0 Å². The molecule has 13 aromatic rings. The van der Waals surface area contributed by atoms with Gasteiger partial charge in [-0.2, -0.15) is 0 Å². The highest BCUT2D eigenvalue weighted by Crippen LogP contribution is 2.48. The Morgan fingerprint density at radius 1 is 0.208 bits per heavy atom.